The van der Waals surface area contributed by atoms with Crippen LogP contribution in [0.1, 0.15) is 71.1 Å². The topological polar surface area (TPSA) is 101 Å². The molecule has 0 aliphatic carbocycles. The molecule has 0 radical (unpaired) electrons. The zero-order valence-electron chi connectivity index (χ0n) is 21.0. The maximum absolute atomic E-state index is 15.3. The monoisotopic (exact) mass is 521 g/mol. The molecule has 0 saturated carbocycles. The number of likely N-dealkylation sites (tertiary alicyclic amines) is 1. The third-order valence-corrected chi connectivity index (χ3v) is 8.07. The normalized spacial score (nSPS) is 16.2. The van der Waals surface area contributed by atoms with E-state index < -0.39 is 11.8 Å². The molecule has 1 aliphatic heterocycles. The molecular weight excluding hydrogens is 493 g/mol. The SMILES string of the molecule is CCc1cc(C(=O)N2CCCCCC2C)nc2cc(-c3ccc(-c4nc(C)c(C(=O)O)s4)cc3F)nn12. The van der Waals surface area contributed by atoms with Gasteiger partial charge in [-0.15, -0.1) is 11.3 Å². The number of benzene rings is 1. The van der Waals surface area contributed by atoms with Crippen molar-refractivity contribution in [2.75, 3.05) is 6.54 Å². The summed E-state index contributed by atoms with van der Waals surface area (Å²) in [5.41, 5.74) is 3.28. The lowest BCUT2D eigenvalue weighted by molar-refractivity contribution is 0.0686. The van der Waals surface area contributed by atoms with E-state index in [2.05, 4.69) is 22.0 Å². The van der Waals surface area contributed by atoms with Crippen LogP contribution in [0.5, 0.6) is 0 Å². The molecule has 37 heavy (non-hydrogen) atoms. The Labute approximate surface area is 217 Å². The van der Waals surface area contributed by atoms with Crippen molar-refractivity contribution in [2.45, 2.75) is 58.9 Å². The quantitative estimate of drug-likeness (QED) is 0.365. The second-order valence-electron chi connectivity index (χ2n) is 9.42. The summed E-state index contributed by atoms with van der Waals surface area (Å²) in [6.45, 7) is 6.41. The molecule has 1 atom stereocenters. The Morgan fingerprint density at radius 2 is 1.97 bits per heavy atom. The Bertz CT molecular complexity index is 1510. The standard InChI is InChI=1S/C27H28FN5O3S/c1-4-18-13-22(26(34)32-11-7-5-6-8-15(32)2)30-23-14-21(31-33(18)23)19-10-9-17(12-20(19)28)25-29-16(3)24(37-25)27(35)36/h9-10,12-15H,4-8,11H2,1-3H3,(H,35,36). The molecule has 1 saturated heterocycles. The lowest BCUT2D eigenvalue weighted by atomic mass is 10.1. The number of rotatable bonds is 5. The Morgan fingerprint density at radius 3 is 2.68 bits per heavy atom. The fourth-order valence-corrected chi connectivity index (χ4v) is 5.73. The molecule has 1 aliphatic rings. The van der Waals surface area contributed by atoms with Crippen LogP contribution in [0.15, 0.2) is 30.3 Å². The van der Waals surface area contributed by atoms with Gasteiger partial charge in [-0.1, -0.05) is 25.8 Å². The van der Waals surface area contributed by atoms with Crippen molar-refractivity contribution in [3.63, 3.8) is 0 Å². The minimum Gasteiger partial charge on any atom is -0.477 e. The molecule has 3 aromatic heterocycles. The van der Waals surface area contributed by atoms with Gasteiger partial charge in [-0.25, -0.2) is 23.7 Å². The van der Waals surface area contributed by atoms with Gasteiger partial charge in [0.05, 0.1) is 11.4 Å². The van der Waals surface area contributed by atoms with Gasteiger partial charge in [0, 0.05) is 35.5 Å². The second kappa shape index (κ2) is 10.0. The number of amides is 1. The number of carboxylic acid groups (broad SMARTS) is 1. The highest BCUT2D eigenvalue weighted by Crippen LogP contribution is 2.32. The number of carbonyl (C=O) groups excluding carboxylic acids is 1. The van der Waals surface area contributed by atoms with Crippen LogP contribution in [0.2, 0.25) is 0 Å². The Morgan fingerprint density at radius 1 is 1.16 bits per heavy atom. The lowest BCUT2D eigenvalue weighted by Crippen LogP contribution is -2.38. The molecule has 1 aromatic carbocycles. The van der Waals surface area contributed by atoms with E-state index in [9.17, 15) is 14.7 Å². The van der Waals surface area contributed by atoms with Gasteiger partial charge in [-0.05, 0) is 51.3 Å². The van der Waals surface area contributed by atoms with E-state index >= 15 is 4.39 Å². The summed E-state index contributed by atoms with van der Waals surface area (Å²) in [6.07, 6.45) is 4.85. The first-order valence-corrected chi connectivity index (χ1v) is 13.3. The van der Waals surface area contributed by atoms with Gasteiger partial charge < -0.3 is 10.0 Å². The number of aryl methyl sites for hydroxylation is 2. The van der Waals surface area contributed by atoms with Gasteiger partial charge in [0.25, 0.3) is 5.91 Å². The number of halogens is 1. The van der Waals surface area contributed by atoms with Gasteiger partial charge in [-0.3, -0.25) is 4.79 Å². The fourth-order valence-electron chi connectivity index (χ4n) is 4.83. The van der Waals surface area contributed by atoms with Crippen molar-refractivity contribution in [1.82, 2.24) is 24.5 Å². The van der Waals surface area contributed by atoms with E-state index in [1.807, 2.05) is 11.8 Å². The highest BCUT2D eigenvalue weighted by Gasteiger charge is 2.25. The van der Waals surface area contributed by atoms with Crippen LogP contribution in [0.25, 0.3) is 27.5 Å². The zero-order chi connectivity index (χ0) is 26.3. The summed E-state index contributed by atoms with van der Waals surface area (Å²) in [7, 11) is 0. The van der Waals surface area contributed by atoms with E-state index in [4.69, 9.17) is 0 Å². The Hall–Kier alpha value is -3.66. The Balaban J connectivity index is 1.50. The molecule has 1 unspecified atom stereocenters. The van der Waals surface area contributed by atoms with Gasteiger partial charge in [0.15, 0.2) is 5.65 Å². The largest absolute Gasteiger partial charge is 0.477 e. The third-order valence-electron chi connectivity index (χ3n) is 6.88. The molecule has 8 nitrogen and oxygen atoms in total. The number of aromatic carboxylic acids is 1. The number of carboxylic acids is 1. The van der Waals surface area contributed by atoms with Crippen LogP contribution in [0.3, 0.4) is 0 Å². The van der Waals surface area contributed by atoms with Gasteiger partial charge >= 0.3 is 5.97 Å². The van der Waals surface area contributed by atoms with Crippen molar-refractivity contribution < 1.29 is 19.1 Å². The number of thiazole rings is 1. The van der Waals surface area contributed by atoms with E-state index in [-0.39, 0.29) is 22.4 Å². The minimum absolute atomic E-state index is 0.0793. The van der Waals surface area contributed by atoms with Crippen LogP contribution in [-0.2, 0) is 6.42 Å². The molecule has 192 valence electrons. The molecule has 4 heterocycles. The van der Waals surface area contributed by atoms with Crippen LogP contribution in [0, 0.1) is 12.7 Å². The van der Waals surface area contributed by atoms with Crippen molar-refractivity contribution >= 4 is 28.9 Å². The molecule has 1 fully saturated rings. The van der Waals surface area contributed by atoms with Crippen LogP contribution >= 0.6 is 11.3 Å². The number of fused-ring (bicyclic) bond motifs is 1. The first-order valence-electron chi connectivity index (χ1n) is 12.5. The maximum Gasteiger partial charge on any atom is 0.347 e. The molecule has 1 N–H and O–H groups in total. The smallest absolute Gasteiger partial charge is 0.347 e. The number of carbonyl (C=O) groups is 2. The molecule has 1 amide bonds. The first-order chi connectivity index (χ1) is 17.8. The highest BCUT2D eigenvalue weighted by atomic mass is 32.1. The zero-order valence-corrected chi connectivity index (χ0v) is 21.8. The molecule has 4 aromatic rings. The minimum atomic E-state index is -1.05. The first kappa shape index (κ1) is 25.0. The summed E-state index contributed by atoms with van der Waals surface area (Å²) in [5, 5.41) is 14.3. The van der Waals surface area contributed by atoms with Gasteiger partial charge in [-0.2, -0.15) is 5.10 Å². The van der Waals surface area contributed by atoms with E-state index in [1.54, 1.807) is 35.7 Å². The average molecular weight is 522 g/mol. The number of hydrogen-bond acceptors (Lipinski definition) is 6. The van der Waals surface area contributed by atoms with E-state index in [0.29, 0.717) is 39.7 Å². The number of aromatic nitrogens is 4. The van der Waals surface area contributed by atoms with Crippen LogP contribution in [0.4, 0.5) is 4.39 Å². The molecular formula is C27H28FN5O3S. The Kier molecular flexibility index (Phi) is 6.76. The van der Waals surface area contributed by atoms with Crippen LogP contribution in [-0.4, -0.2) is 54.1 Å². The number of hydrogen-bond donors (Lipinski definition) is 1. The van der Waals surface area contributed by atoms with E-state index in [1.165, 1.54) is 6.07 Å². The molecule has 10 heteroatoms. The fraction of sp³-hybridized carbons (Fsp3) is 0.370. The highest BCUT2D eigenvalue weighted by molar-refractivity contribution is 7.17. The van der Waals surface area contributed by atoms with Gasteiger partial charge in [0.2, 0.25) is 0 Å². The molecule has 0 bridgehead atoms. The van der Waals surface area contributed by atoms with Gasteiger partial charge in [0.1, 0.15) is 21.4 Å². The average Bonchev–Trinajstić information content (AvgIpc) is 3.41. The molecule has 5 rings (SSSR count). The third kappa shape index (κ3) is 4.73. The number of nitrogens with zero attached hydrogens (tertiary/aromatic N) is 5. The van der Waals surface area contributed by atoms with Crippen molar-refractivity contribution in [1.29, 1.82) is 0 Å². The molecule has 0 spiro atoms. The van der Waals surface area contributed by atoms with Crippen molar-refractivity contribution in [3.8, 4) is 21.8 Å². The predicted octanol–water partition coefficient (Wildman–Crippen LogP) is 5.63. The van der Waals surface area contributed by atoms with Crippen molar-refractivity contribution in [3.05, 3.63) is 58.1 Å². The lowest BCUT2D eigenvalue weighted by Gasteiger charge is -2.27. The predicted molar refractivity (Wildman–Crippen MR) is 140 cm³/mol. The van der Waals surface area contributed by atoms with E-state index in [0.717, 1.165) is 49.3 Å². The second-order valence-corrected chi connectivity index (χ2v) is 10.4. The summed E-state index contributed by atoms with van der Waals surface area (Å²) in [5.74, 6) is -1.63. The van der Waals surface area contributed by atoms with Crippen LogP contribution < -0.4 is 0 Å². The van der Waals surface area contributed by atoms with Crippen molar-refractivity contribution in [2.24, 2.45) is 0 Å². The summed E-state index contributed by atoms with van der Waals surface area (Å²) >= 11 is 1.01. The maximum atomic E-state index is 15.3. The summed E-state index contributed by atoms with van der Waals surface area (Å²) in [4.78, 5) is 35.7. The summed E-state index contributed by atoms with van der Waals surface area (Å²) in [6, 6.07) is 8.30. The summed E-state index contributed by atoms with van der Waals surface area (Å²) < 4.78 is 16.9.